The molecule has 1 aliphatic rings. The molecule has 7 nitrogen and oxygen atoms in total. The number of aryl methyl sites for hydroxylation is 2. The molecule has 1 saturated heterocycles. The summed E-state index contributed by atoms with van der Waals surface area (Å²) in [6, 6.07) is 1.52. The van der Waals surface area contributed by atoms with E-state index in [0.29, 0.717) is 18.5 Å². The van der Waals surface area contributed by atoms with Gasteiger partial charge in [-0.3, -0.25) is 9.59 Å². The van der Waals surface area contributed by atoms with Gasteiger partial charge >= 0.3 is 12.0 Å². The summed E-state index contributed by atoms with van der Waals surface area (Å²) in [5.41, 5.74) is 1.90. The molecule has 0 aromatic carbocycles. The smallest absolute Gasteiger partial charge is 0.317 e. The fourth-order valence-electron chi connectivity index (χ4n) is 3.07. The van der Waals surface area contributed by atoms with E-state index in [9.17, 15) is 14.4 Å². The molecule has 126 valence electrons. The number of amides is 2. The number of carboxylic acid groups (broad SMARTS) is 1. The summed E-state index contributed by atoms with van der Waals surface area (Å²) in [6.07, 6.45) is 0.579. The number of hydrogen-bond acceptors (Lipinski definition) is 3. The fraction of sp³-hybridized carbons (Fsp3) is 0.562. The van der Waals surface area contributed by atoms with Crippen molar-refractivity contribution in [2.45, 2.75) is 33.7 Å². The molecule has 0 aliphatic carbocycles. The number of carbonyl (C=O) groups is 2. The van der Waals surface area contributed by atoms with Crippen LogP contribution in [-0.2, 0) is 11.3 Å². The maximum Gasteiger partial charge on any atom is 0.317 e. The number of piperidine rings is 1. The number of aromatic nitrogens is 1. The largest absolute Gasteiger partial charge is 0.481 e. The Kier molecular flexibility index (Phi) is 5.08. The van der Waals surface area contributed by atoms with E-state index in [4.69, 9.17) is 5.11 Å². The number of aliphatic carboxylic acids is 1. The minimum atomic E-state index is -0.875. The molecule has 1 aromatic rings. The lowest BCUT2D eigenvalue weighted by molar-refractivity contribution is -0.143. The van der Waals surface area contributed by atoms with Crippen LogP contribution >= 0.6 is 0 Å². The average molecular weight is 321 g/mol. The minimum Gasteiger partial charge on any atom is -0.481 e. The van der Waals surface area contributed by atoms with Crippen molar-refractivity contribution in [2.24, 2.45) is 11.8 Å². The summed E-state index contributed by atoms with van der Waals surface area (Å²) >= 11 is 0. The van der Waals surface area contributed by atoms with Gasteiger partial charge in [0.15, 0.2) is 0 Å². The topological polar surface area (TPSA) is 102 Å². The highest BCUT2D eigenvalue weighted by Crippen LogP contribution is 2.21. The molecule has 1 aliphatic heterocycles. The van der Waals surface area contributed by atoms with Crippen LogP contribution in [0.1, 0.15) is 30.2 Å². The van der Waals surface area contributed by atoms with Crippen molar-refractivity contribution in [1.82, 2.24) is 15.2 Å². The number of carboxylic acids is 1. The predicted molar refractivity (Wildman–Crippen MR) is 85.3 cm³/mol. The molecule has 2 atom stereocenters. The number of hydrogen-bond donors (Lipinski definition) is 3. The molecule has 1 fully saturated rings. The van der Waals surface area contributed by atoms with E-state index >= 15 is 0 Å². The van der Waals surface area contributed by atoms with Crippen LogP contribution in [0.4, 0.5) is 4.79 Å². The number of aromatic amines is 1. The first kappa shape index (κ1) is 17.1. The number of nitrogens with zero attached hydrogens (tertiary/aromatic N) is 1. The Morgan fingerprint density at radius 3 is 2.70 bits per heavy atom. The van der Waals surface area contributed by atoms with Gasteiger partial charge in [0.25, 0.3) is 5.56 Å². The van der Waals surface area contributed by atoms with Gasteiger partial charge < -0.3 is 20.3 Å². The van der Waals surface area contributed by atoms with Gasteiger partial charge in [0.1, 0.15) is 0 Å². The Balaban J connectivity index is 2.02. The third kappa shape index (κ3) is 4.12. The molecule has 0 spiro atoms. The van der Waals surface area contributed by atoms with Gasteiger partial charge in [0, 0.05) is 24.3 Å². The maximum absolute atomic E-state index is 12.3. The summed E-state index contributed by atoms with van der Waals surface area (Å²) in [5, 5.41) is 11.9. The van der Waals surface area contributed by atoms with Gasteiger partial charge in [-0.15, -0.1) is 0 Å². The number of urea groups is 1. The molecule has 23 heavy (non-hydrogen) atoms. The van der Waals surface area contributed by atoms with Crippen molar-refractivity contribution >= 4 is 12.0 Å². The highest BCUT2D eigenvalue weighted by Gasteiger charge is 2.31. The summed E-state index contributed by atoms with van der Waals surface area (Å²) in [7, 11) is 0. The van der Waals surface area contributed by atoms with Gasteiger partial charge in [-0.2, -0.15) is 0 Å². The molecule has 7 heteroatoms. The molecule has 3 N–H and O–H groups in total. The van der Waals surface area contributed by atoms with Gasteiger partial charge in [0.05, 0.1) is 12.5 Å². The molecule has 1 aromatic heterocycles. The maximum atomic E-state index is 12.3. The van der Waals surface area contributed by atoms with E-state index in [1.54, 1.807) is 6.92 Å². The second-order valence-corrected chi connectivity index (χ2v) is 6.38. The SMILES string of the molecule is Cc1cc(C)c(CNC(=O)N2CC(C)CC(C(=O)O)C2)c(=O)[nH]1. The third-order valence-corrected chi connectivity index (χ3v) is 4.21. The van der Waals surface area contributed by atoms with Crippen LogP contribution in [0.3, 0.4) is 0 Å². The zero-order valence-corrected chi connectivity index (χ0v) is 13.7. The predicted octanol–water partition coefficient (Wildman–Crippen LogP) is 1.24. The van der Waals surface area contributed by atoms with E-state index in [2.05, 4.69) is 10.3 Å². The van der Waals surface area contributed by atoms with Crippen LogP contribution in [-0.4, -0.2) is 40.1 Å². The molecular formula is C16H23N3O4. The standard InChI is InChI=1S/C16H23N3O4/c1-9-4-12(15(21)22)8-19(7-9)16(23)17-6-13-10(2)5-11(3)18-14(13)20/h5,9,12H,4,6-8H2,1-3H3,(H,17,23)(H,18,20)(H,21,22). The van der Waals surface area contributed by atoms with Gasteiger partial charge in [-0.05, 0) is 37.8 Å². The molecule has 0 bridgehead atoms. The third-order valence-electron chi connectivity index (χ3n) is 4.21. The van der Waals surface area contributed by atoms with Crippen LogP contribution in [0.25, 0.3) is 0 Å². The second kappa shape index (κ2) is 6.85. The van der Waals surface area contributed by atoms with E-state index in [0.717, 1.165) is 11.3 Å². The number of nitrogens with one attached hydrogen (secondary N) is 2. The molecule has 2 unspecified atom stereocenters. The molecular weight excluding hydrogens is 298 g/mol. The average Bonchev–Trinajstić information content (AvgIpc) is 2.45. The Morgan fingerprint density at radius 2 is 2.09 bits per heavy atom. The Morgan fingerprint density at radius 1 is 1.39 bits per heavy atom. The molecule has 2 rings (SSSR count). The Bertz CT molecular complexity index is 668. The molecule has 2 amide bonds. The highest BCUT2D eigenvalue weighted by atomic mass is 16.4. The lowest BCUT2D eigenvalue weighted by Gasteiger charge is -2.34. The summed E-state index contributed by atoms with van der Waals surface area (Å²) < 4.78 is 0. The number of H-pyrrole nitrogens is 1. The summed E-state index contributed by atoms with van der Waals surface area (Å²) in [6.45, 7) is 6.42. The number of likely N-dealkylation sites (tertiary alicyclic amines) is 1. The monoisotopic (exact) mass is 321 g/mol. The first-order chi connectivity index (χ1) is 10.8. The first-order valence-electron chi connectivity index (χ1n) is 7.73. The van der Waals surface area contributed by atoms with Crippen molar-refractivity contribution in [3.05, 3.63) is 33.2 Å². The second-order valence-electron chi connectivity index (χ2n) is 6.38. The quantitative estimate of drug-likeness (QED) is 0.779. The number of rotatable bonds is 3. The summed E-state index contributed by atoms with van der Waals surface area (Å²) in [5.74, 6) is -1.27. The number of carbonyl (C=O) groups excluding carboxylic acids is 1. The van der Waals surface area contributed by atoms with Crippen molar-refractivity contribution in [2.75, 3.05) is 13.1 Å². The Hall–Kier alpha value is -2.31. The first-order valence-corrected chi connectivity index (χ1v) is 7.73. The van der Waals surface area contributed by atoms with Crippen LogP contribution in [0.15, 0.2) is 10.9 Å². The molecule has 0 radical (unpaired) electrons. The van der Waals surface area contributed by atoms with Gasteiger partial charge in [-0.25, -0.2) is 4.79 Å². The van der Waals surface area contributed by atoms with E-state index in [-0.39, 0.29) is 30.6 Å². The molecule has 2 heterocycles. The fourth-order valence-corrected chi connectivity index (χ4v) is 3.07. The van der Waals surface area contributed by atoms with Crippen molar-refractivity contribution in [3.63, 3.8) is 0 Å². The van der Waals surface area contributed by atoms with Crippen molar-refractivity contribution in [1.29, 1.82) is 0 Å². The Labute approximate surface area is 134 Å². The highest BCUT2D eigenvalue weighted by molar-refractivity contribution is 5.76. The lowest BCUT2D eigenvalue weighted by atomic mass is 9.91. The van der Waals surface area contributed by atoms with Crippen LogP contribution in [0.5, 0.6) is 0 Å². The van der Waals surface area contributed by atoms with E-state index in [1.807, 2.05) is 19.9 Å². The zero-order valence-electron chi connectivity index (χ0n) is 13.7. The lowest BCUT2D eigenvalue weighted by Crippen LogP contribution is -2.49. The van der Waals surface area contributed by atoms with Gasteiger partial charge in [-0.1, -0.05) is 6.92 Å². The summed E-state index contributed by atoms with van der Waals surface area (Å²) in [4.78, 5) is 39.6. The normalized spacial score (nSPS) is 21.1. The van der Waals surface area contributed by atoms with Gasteiger partial charge in [0.2, 0.25) is 0 Å². The molecule has 0 saturated carbocycles. The van der Waals surface area contributed by atoms with Crippen LogP contribution < -0.4 is 10.9 Å². The van der Waals surface area contributed by atoms with E-state index in [1.165, 1.54) is 4.90 Å². The minimum absolute atomic E-state index is 0.128. The van der Waals surface area contributed by atoms with Crippen molar-refractivity contribution < 1.29 is 14.7 Å². The van der Waals surface area contributed by atoms with E-state index < -0.39 is 11.9 Å². The van der Waals surface area contributed by atoms with Crippen LogP contribution in [0.2, 0.25) is 0 Å². The van der Waals surface area contributed by atoms with Crippen molar-refractivity contribution in [3.8, 4) is 0 Å². The zero-order chi connectivity index (χ0) is 17.1. The number of pyridine rings is 1. The van der Waals surface area contributed by atoms with Crippen LogP contribution in [0, 0.1) is 25.7 Å².